The topological polar surface area (TPSA) is 58.7 Å². The number of benzene rings is 1. The molecular weight excluding hydrogens is 322 g/mol. The number of carbonyl (C=O) groups excluding carboxylic acids is 1. The van der Waals surface area contributed by atoms with Crippen molar-refractivity contribution >= 4 is 34.5 Å². The summed E-state index contributed by atoms with van der Waals surface area (Å²) in [4.78, 5) is 16.0. The first-order valence-corrected chi connectivity index (χ1v) is 7.77. The first kappa shape index (κ1) is 16.0. The minimum Gasteiger partial charge on any atom is -0.327 e. The lowest BCUT2D eigenvalue weighted by molar-refractivity contribution is -0.113. The van der Waals surface area contributed by atoms with Gasteiger partial charge in [0.15, 0.2) is 5.78 Å². The minimum atomic E-state index is -0.253. The second kappa shape index (κ2) is 6.69. The molecule has 0 amide bonds. The quantitative estimate of drug-likeness (QED) is 0.529. The van der Waals surface area contributed by atoms with Crippen molar-refractivity contribution in [3.05, 3.63) is 70.5 Å². The molecule has 0 unspecified atom stereocenters. The van der Waals surface area contributed by atoms with Gasteiger partial charge in [0.05, 0.1) is 5.57 Å². The molecule has 3 rings (SSSR count). The number of fused-ring (bicyclic) bond motifs is 1. The normalized spacial score (nSPS) is 11.5. The number of carbonyl (C=O) groups is 1. The molecule has 2 heterocycles. The molecule has 0 aliphatic rings. The molecule has 5 heteroatoms. The molecule has 118 valence electrons. The predicted molar refractivity (Wildman–Crippen MR) is 94.6 cm³/mol. The number of hydrogen-bond acceptors (Lipinski definition) is 3. The molecule has 0 aliphatic carbocycles. The number of hydrogen-bond donors (Lipinski definition) is 0. The van der Waals surface area contributed by atoms with Crippen LogP contribution >= 0.6 is 11.6 Å². The second-order valence-corrected chi connectivity index (χ2v) is 5.88. The highest BCUT2D eigenvalue weighted by atomic mass is 35.5. The number of Topliss-reactive ketones (excluding diaryl/α,β-unsaturated/α-hetero) is 1. The third kappa shape index (κ3) is 3.22. The van der Waals surface area contributed by atoms with E-state index >= 15 is 0 Å². The van der Waals surface area contributed by atoms with Gasteiger partial charge in [0, 0.05) is 34.9 Å². The summed E-state index contributed by atoms with van der Waals surface area (Å²) in [6.07, 6.45) is 5.24. The summed E-state index contributed by atoms with van der Waals surface area (Å²) in [6.45, 7) is 1.99. The molecular formula is C19H14ClN3O. The number of pyridine rings is 1. The van der Waals surface area contributed by atoms with Gasteiger partial charge in [0.1, 0.15) is 11.7 Å². The molecule has 4 nitrogen and oxygen atoms in total. The lowest BCUT2D eigenvalue weighted by Crippen LogP contribution is -1.98. The lowest BCUT2D eigenvalue weighted by Gasteiger charge is -2.05. The molecule has 0 atom stereocenters. The largest absolute Gasteiger partial charge is 0.327 e. The molecule has 24 heavy (non-hydrogen) atoms. The van der Waals surface area contributed by atoms with Gasteiger partial charge in [-0.3, -0.25) is 4.79 Å². The van der Waals surface area contributed by atoms with E-state index in [-0.39, 0.29) is 11.4 Å². The van der Waals surface area contributed by atoms with E-state index < -0.39 is 0 Å². The highest BCUT2D eigenvalue weighted by molar-refractivity contribution is 6.30. The van der Waals surface area contributed by atoms with Crippen LogP contribution in [0.5, 0.6) is 0 Å². The van der Waals surface area contributed by atoms with Crippen molar-refractivity contribution in [1.29, 1.82) is 5.26 Å². The van der Waals surface area contributed by atoms with E-state index in [0.717, 1.165) is 22.2 Å². The number of halogens is 1. The predicted octanol–water partition coefficient (Wildman–Crippen LogP) is 4.23. The summed E-state index contributed by atoms with van der Waals surface area (Å²) < 4.78 is 1.99. The molecule has 0 saturated carbocycles. The van der Waals surface area contributed by atoms with E-state index in [9.17, 15) is 4.79 Å². The molecule has 0 bridgehead atoms. The molecule has 0 N–H and O–H groups in total. The highest BCUT2D eigenvalue weighted by Gasteiger charge is 2.11. The number of nitrogens with zero attached hydrogens (tertiary/aromatic N) is 3. The van der Waals surface area contributed by atoms with Crippen molar-refractivity contribution in [2.75, 3.05) is 0 Å². The maximum atomic E-state index is 11.5. The fourth-order valence-electron chi connectivity index (χ4n) is 2.59. The Bertz CT molecular complexity index is 995. The smallest absolute Gasteiger partial charge is 0.170 e. The van der Waals surface area contributed by atoms with Crippen LogP contribution in [0, 0.1) is 11.3 Å². The summed E-state index contributed by atoms with van der Waals surface area (Å²) >= 11 is 6.05. The second-order valence-electron chi connectivity index (χ2n) is 5.44. The summed E-state index contributed by atoms with van der Waals surface area (Å²) in [7, 11) is 0. The van der Waals surface area contributed by atoms with Crippen LogP contribution in [0.25, 0.3) is 17.1 Å². The Labute approximate surface area is 144 Å². The van der Waals surface area contributed by atoms with Crippen LogP contribution in [-0.4, -0.2) is 15.3 Å². The SMILES string of the molecule is CC(=O)/C(C#N)=C/c1cn(Cc2cccc(Cl)c2)c2ncccc12. The van der Waals surface area contributed by atoms with Crippen molar-refractivity contribution in [2.24, 2.45) is 0 Å². The van der Waals surface area contributed by atoms with Gasteiger partial charge in [-0.25, -0.2) is 4.98 Å². The van der Waals surface area contributed by atoms with E-state index in [2.05, 4.69) is 4.98 Å². The van der Waals surface area contributed by atoms with Gasteiger partial charge in [-0.1, -0.05) is 23.7 Å². The van der Waals surface area contributed by atoms with Crippen LogP contribution in [-0.2, 0) is 11.3 Å². The lowest BCUT2D eigenvalue weighted by atomic mass is 10.1. The molecule has 0 radical (unpaired) electrons. The molecule has 0 spiro atoms. The van der Waals surface area contributed by atoms with Gasteiger partial charge in [-0.2, -0.15) is 5.26 Å². The van der Waals surface area contributed by atoms with Gasteiger partial charge in [-0.15, -0.1) is 0 Å². The Hall–Kier alpha value is -2.90. The fourth-order valence-corrected chi connectivity index (χ4v) is 2.80. The van der Waals surface area contributed by atoms with E-state index in [1.807, 2.05) is 53.2 Å². The third-order valence-corrected chi connectivity index (χ3v) is 3.94. The van der Waals surface area contributed by atoms with E-state index in [1.165, 1.54) is 6.92 Å². The summed E-state index contributed by atoms with van der Waals surface area (Å²) in [6, 6.07) is 13.3. The molecule has 0 aliphatic heterocycles. The number of rotatable bonds is 4. The van der Waals surface area contributed by atoms with Crippen molar-refractivity contribution in [3.63, 3.8) is 0 Å². The first-order chi connectivity index (χ1) is 11.6. The van der Waals surface area contributed by atoms with E-state index in [0.29, 0.717) is 11.6 Å². The summed E-state index contributed by atoms with van der Waals surface area (Å²) in [5.74, 6) is -0.253. The zero-order chi connectivity index (χ0) is 17.1. The van der Waals surface area contributed by atoms with Crippen molar-refractivity contribution in [2.45, 2.75) is 13.5 Å². The molecule has 0 saturated heterocycles. The standard InChI is InChI=1S/C19H14ClN3O/c1-13(24)15(10-21)9-16-12-23(19-18(16)6-3-7-22-19)11-14-4-2-5-17(20)8-14/h2-9,12H,11H2,1H3/b15-9+. The van der Waals surface area contributed by atoms with Crippen LogP contribution in [0.4, 0.5) is 0 Å². The Morgan fingerprint density at radius 3 is 2.92 bits per heavy atom. The molecule has 1 aromatic carbocycles. The van der Waals surface area contributed by atoms with Crippen molar-refractivity contribution in [3.8, 4) is 6.07 Å². The summed E-state index contributed by atoms with van der Waals surface area (Å²) in [5.41, 5.74) is 2.77. The maximum absolute atomic E-state index is 11.5. The number of ketones is 1. The van der Waals surface area contributed by atoms with Crippen LogP contribution in [0.15, 0.2) is 54.4 Å². The van der Waals surface area contributed by atoms with Crippen molar-refractivity contribution < 1.29 is 4.79 Å². The number of allylic oxidation sites excluding steroid dienone is 1. The zero-order valence-electron chi connectivity index (χ0n) is 13.0. The number of aromatic nitrogens is 2. The van der Waals surface area contributed by atoms with Gasteiger partial charge in [0.2, 0.25) is 0 Å². The average molecular weight is 336 g/mol. The minimum absolute atomic E-state index is 0.126. The van der Waals surface area contributed by atoms with Crippen molar-refractivity contribution in [1.82, 2.24) is 9.55 Å². The highest BCUT2D eigenvalue weighted by Crippen LogP contribution is 2.23. The van der Waals surface area contributed by atoms with Crippen LogP contribution in [0.1, 0.15) is 18.1 Å². The average Bonchev–Trinajstić information content (AvgIpc) is 2.90. The van der Waals surface area contributed by atoms with Crippen LogP contribution < -0.4 is 0 Å². The summed E-state index contributed by atoms with van der Waals surface area (Å²) in [5, 5.41) is 10.7. The Balaban J connectivity index is 2.10. The number of nitriles is 1. The van der Waals surface area contributed by atoms with Crippen LogP contribution in [0.2, 0.25) is 5.02 Å². The van der Waals surface area contributed by atoms with Gasteiger partial charge >= 0.3 is 0 Å². The molecule has 2 aromatic heterocycles. The zero-order valence-corrected chi connectivity index (χ0v) is 13.8. The Kier molecular flexibility index (Phi) is 4.45. The monoisotopic (exact) mass is 335 g/mol. The van der Waals surface area contributed by atoms with Gasteiger partial charge in [0.25, 0.3) is 0 Å². The fraction of sp³-hybridized carbons (Fsp3) is 0.105. The third-order valence-electron chi connectivity index (χ3n) is 3.71. The van der Waals surface area contributed by atoms with E-state index in [4.69, 9.17) is 16.9 Å². The van der Waals surface area contributed by atoms with Gasteiger partial charge < -0.3 is 4.57 Å². The first-order valence-electron chi connectivity index (χ1n) is 7.39. The van der Waals surface area contributed by atoms with E-state index in [1.54, 1.807) is 12.3 Å². The molecule has 0 fully saturated rings. The van der Waals surface area contributed by atoms with Crippen LogP contribution in [0.3, 0.4) is 0 Å². The Morgan fingerprint density at radius 1 is 1.38 bits per heavy atom. The van der Waals surface area contributed by atoms with Gasteiger partial charge in [-0.05, 0) is 42.8 Å². The Morgan fingerprint density at radius 2 is 2.21 bits per heavy atom. The maximum Gasteiger partial charge on any atom is 0.170 e. The molecule has 3 aromatic rings.